The second-order valence-electron chi connectivity index (χ2n) is 7.26. The summed E-state index contributed by atoms with van der Waals surface area (Å²) in [5.41, 5.74) is 0. The van der Waals surface area contributed by atoms with Crippen LogP contribution in [0.25, 0.3) is 0 Å². The molecule has 0 aromatic carbocycles. The van der Waals surface area contributed by atoms with E-state index in [1.54, 1.807) is 0 Å². The van der Waals surface area contributed by atoms with Gasteiger partial charge < -0.3 is 5.32 Å². The van der Waals surface area contributed by atoms with Crippen molar-refractivity contribution in [3.8, 4) is 0 Å². The highest BCUT2D eigenvalue weighted by atomic mass is 35.5. The van der Waals surface area contributed by atoms with Crippen LogP contribution >= 0.6 is 22.9 Å². The van der Waals surface area contributed by atoms with Crippen molar-refractivity contribution in [2.24, 2.45) is 5.92 Å². The average molecular weight is 429 g/mol. The topological polar surface area (TPSA) is 94.0 Å². The van der Waals surface area contributed by atoms with Gasteiger partial charge in [-0.25, -0.2) is 13.4 Å². The Labute approximate surface area is 167 Å². The zero-order valence-electron chi connectivity index (χ0n) is 14.7. The molecule has 0 bridgehead atoms. The maximum Gasteiger partial charge on any atom is 0.251 e. The van der Waals surface area contributed by atoms with Crippen molar-refractivity contribution in [3.05, 3.63) is 22.9 Å². The molecule has 0 radical (unpaired) electrons. The molecule has 2 aromatic heterocycles. The van der Waals surface area contributed by atoms with Crippen LogP contribution in [0.2, 0.25) is 4.34 Å². The molecule has 2 heterocycles. The van der Waals surface area contributed by atoms with Gasteiger partial charge in [0.15, 0.2) is 15.0 Å². The summed E-state index contributed by atoms with van der Waals surface area (Å²) < 4.78 is 26.9. The Balaban J connectivity index is 1.57. The fourth-order valence-corrected chi connectivity index (χ4v) is 6.01. The van der Waals surface area contributed by atoms with Gasteiger partial charge in [0, 0.05) is 6.20 Å². The van der Waals surface area contributed by atoms with Crippen molar-refractivity contribution in [3.63, 3.8) is 0 Å². The van der Waals surface area contributed by atoms with Crippen LogP contribution in [0.15, 0.2) is 23.5 Å². The number of hydrogen-bond acceptors (Lipinski definition) is 6. The van der Waals surface area contributed by atoms with Gasteiger partial charge in [-0.2, -0.15) is 5.10 Å². The number of hydrogen-bond donors (Lipinski definition) is 1. The number of amides is 1. The van der Waals surface area contributed by atoms with Crippen molar-refractivity contribution in [2.45, 2.75) is 61.1 Å². The highest BCUT2D eigenvalue weighted by molar-refractivity contribution is 7.92. The van der Waals surface area contributed by atoms with Gasteiger partial charge in [0.1, 0.15) is 15.3 Å². The second kappa shape index (κ2) is 7.52. The maximum absolute atomic E-state index is 12.9. The predicted octanol–water partition coefficient (Wildman–Crippen LogP) is 3.69. The third-order valence-electron chi connectivity index (χ3n) is 5.23. The molecule has 27 heavy (non-hydrogen) atoms. The summed E-state index contributed by atoms with van der Waals surface area (Å²) in [6.45, 7) is 0. The van der Waals surface area contributed by atoms with Crippen LogP contribution in [0.5, 0.6) is 0 Å². The van der Waals surface area contributed by atoms with Crippen molar-refractivity contribution < 1.29 is 13.2 Å². The minimum atomic E-state index is -3.33. The van der Waals surface area contributed by atoms with Gasteiger partial charge in [-0.05, 0) is 25.2 Å². The molecular formula is C17H21ClN4O3S2. The van der Waals surface area contributed by atoms with E-state index in [4.69, 9.17) is 11.6 Å². The number of aromatic nitrogens is 3. The number of carbonyl (C=O) groups is 1. The SMILES string of the molecule is O=C(Nc1ncc(Cl)s1)C(CC1CCCC1)n1cc(S(=O)(=O)C2CC2)cn1. The van der Waals surface area contributed by atoms with Gasteiger partial charge in [0.25, 0.3) is 5.91 Å². The number of nitrogens with zero attached hydrogens (tertiary/aromatic N) is 3. The number of halogens is 1. The fraction of sp³-hybridized carbons (Fsp3) is 0.588. The Kier molecular flexibility index (Phi) is 5.26. The quantitative estimate of drug-likeness (QED) is 0.725. The third kappa shape index (κ3) is 4.20. The average Bonchev–Trinajstić information content (AvgIpc) is 3.01. The number of thiazole rings is 1. The Morgan fingerprint density at radius 2 is 2.04 bits per heavy atom. The molecule has 7 nitrogen and oxygen atoms in total. The number of nitrogens with one attached hydrogen (secondary N) is 1. The first-order valence-electron chi connectivity index (χ1n) is 9.14. The molecule has 2 aliphatic carbocycles. The van der Waals surface area contributed by atoms with E-state index in [1.807, 2.05) is 0 Å². The first-order valence-corrected chi connectivity index (χ1v) is 11.9. The molecule has 1 amide bonds. The normalized spacial score (nSPS) is 19.3. The van der Waals surface area contributed by atoms with Crippen LogP contribution in [0.4, 0.5) is 5.13 Å². The van der Waals surface area contributed by atoms with Gasteiger partial charge in [0.05, 0.1) is 17.6 Å². The minimum Gasteiger partial charge on any atom is -0.300 e. The highest BCUT2D eigenvalue weighted by Crippen LogP contribution is 2.35. The molecule has 146 valence electrons. The summed E-state index contributed by atoms with van der Waals surface area (Å²) in [5, 5.41) is 7.16. The lowest BCUT2D eigenvalue weighted by Crippen LogP contribution is -2.28. The highest BCUT2D eigenvalue weighted by Gasteiger charge is 2.38. The van der Waals surface area contributed by atoms with E-state index in [-0.39, 0.29) is 16.1 Å². The molecule has 2 aromatic rings. The number of rotatable bonds is 7. The van der Waals surface area contributed by atoms with E-state index in [0.717, 1.165) is 12.8 Å². The Hall–Kier alpha value is -1.45. The molecule has 0 aliphatic heterocycles. The standard InChI is InChI=1S/C17H21ClN4O3S2/c18-15-9-19-17(26-15)21-16(23)14(7-11-3-1-2-4-11)22-10-13(8-20-22)27(24,25)12-5-6-12/h8-12,14H,1-7H2,(H,19,21,23). The van der Waals surface area contributed by atoms with Crippen molar-refractivity contribution in [1.29, 1.82) is 0 Å². The molecule has 10 heteroatoms. The number of anilines is 1. The molecule has 1 atom stereocenters. The Morgan fingerprint density at radius 3 is 2.67 bits per heavy atom. The van der Waals surface area contributed by atoms with Gasteiger partial charge in [0.2, 0.25) is 0 Å². The molecule has 2 aliphatic rings. The minimum absolute atomic E-state index is 0.200. The maximum atomic E-state index is 12.9. The molecule has 0 spiro atoms. The van der Waals surface area contributed by atoms with Crippen molar-refractivity contribution in [1.82, 2.24) is 14.8 Å². The van der Waals surface area contributed by atoms with Crippen molar-refractivity contribution >= 4 is 43.8 Å². The fourth-order valence-electron chi connectivity index (χ4n) is 3.61. The lowest BCUT2D eigenvalue weighted by Gasteiger charge is -2.20. The summed E-state index contributed by atoms with van der Waals surface area (Å²) in [6.07, 6.45) is 10.9. The van der Waals surface area contributed by atoms with E-state index in [1.165, 1.54) is 47.5 Å². The third-order valence-corrected chi connectivity index (χ3v) is 8.48. The molecule has 1 N–H and O–H groups in total. The lowest BCUT2D eigenvalue weighted by molar-refractivity contribution is -0.120. The smallest absolute Gasteiger partial charge is 0.251 e. The Morgan fingerprint density at radius 1 is 1.30 bits per heavy atom. The van der Waals surface area contributed by atoms with Gasteiger partial charge in [-0.1, -0.05) is 48.6 Å². The van der Waals surface area contributed by atoms with Crippen molar-refractivity contribution in [2.75, 3.05) is 5.32 Å². The molecule has 1 unspecified atom stereocenters. The van der Waals surface area contributed by atoms with E-state index in [2.05, 4.69) is 15.4 Å². The Bertz CT molecular complexity index is 930. The molecule has 4 rings (SSSR count). The van der Waals surface area contributed by atoms with Crippen LogP contribution in [-0.2, 0) is 14.6 Å². The predicted molar refractivity (Wildman–Crippen MR) is 104 cm³/mol. The first kappa shape index (κ1) is 18.9. The number of carbonyl (C=O) groups excluding carboxylic acids is 1. The largest absolute Gasteiger partial charge is 0.300 e. The van der Waals surface area contributed by atoms with Gasteiger partial charge in [-0.3, -0.25) is 9.48 Å². The summed E-state index contributed by atoms with van der Waals surface area (Å²) in [5.74, 6) is 0.194. The van der Waals surface area contributed by atoms with Crippen LogP contribution in [-0.4, -0.2) is 34.3 Å². The summed E-state index contributed by atoms with van der Waals surface area (Å²) in [7, 11) is -3.33. The summed E-state index contributed by atoms with van der Waals surface area (Å²) >= 11 is 7.08. The van der Waals surface area contributed by atoms with Gasteiger partial charge >= 0.3 is 0 Å². The second-order valence-corrected chi connectivity index (χ2v) is 11.2. The summed E-state index contributed by atoms with van der Waals surface area (Å²) in [4.78, 5) is 17.2. The molecule has 2 saturated carbocycles. The van der Waals surface area contributed by atoms with E-state index in [9.17, 15) is 13.2 Å². The first-order chi connectivity index (χ1) is 12.9. The van der Waals surface area contributed by atoms with Crippen LogP contribution in [0, 0.1) is 5.92 Å². The van der Waals surface area contributed by atoms with Crippen LogP contribution < -0.4 is 5.32 Å². The zero-order chi connectivity index (χ0) is 19.0. The lowest BCUT2D eigenvalue weighted by atomic mass is 9.98. The molecular weight excluding hydrogens is 408 g/mol. The molecule has 2 fully saturated rings. The van der Waals surface area contributed by atoms with E-state index >= 15 is 0 Å². The van der Waals surface area contributed by atoms with Gasteiger partial charge in [-0.15, -0.1) is 0 Å². The molecule has 0 saturated heterocycles. The van der Waals surface area contributed by atoms with Crippen LogP contribution in [0.3, 0.4) is 0 Å². The number of sulfone groups is 1. The van der Waals surface area contributed by atoms with Crippen LogP contribution in [0.1, 0.15) is 51.0 Å². The van der Waals surface area contributed by atoms with E-state index < -0.39 is 15.9 Å². The zero-order valence-corrected chi connectivity index (χ0v) is 17.1. The van der Waals surface area contributed by atoms with E-state index in [0.29, 0.717) is 34.6 Å². The summed E-state index contributed by atoms with van der Waals surface area (Å²) in [6, 6.07) is -0.570. The monoisotopic (exact) mass is 428 g/mol.